The van der Waals surface area contributed by atoms with E-state index in [1.54, 1.807) is 35.2 Å². The van der Waals surface area contributed by atoms with Gasteiger partial charge in [-0.15, -0.1) is 0 Å². The number of amides is 4. The van der Waals surface area contributed by atoms with Crippen LogP contribution in [0, 0.1) is 5.92 Å². The Morgan fingerprint density at radius 3 is 2.41 bits per heavy atom. The van der Waals surface area contributed by atoms with Crippen molar-refractivity contribution in [2.45, 2.75) is 39.3 Å². The summed E-state index contributed by atoms with van der Waals surface area (Å²) in [5, 5.41) is 8.50. The number of nitrogens with zero attached hydrogens (tertiary/aromatic N) is 1. The molecule has 1 saturated heterocycles. The molecule has 2 aromatic carbocycles. The minimum absolute atomic E-state index is 0.0494. The largest absolute Gasteiger partial charge is 0.454 e. The minimum atomic E-state index is -0.222. The highest BCUT2D eigenvalue weighted by molar-refractivity contribution is 5.95. The van der Waals surface area contributed by atoms with Gasteiger partial charge in [-0.2, -0.15) is 0 Å². The molecule has 4 amide bonds. The Hall–Kier alpha value is -3.75. The van der Waals surface area contributed by atoms with Gasteiger partial charge in [0.2, 0.25) is 12.7 Å². The molecule has 4 rings (SSSR count). The van der Waals surface area contributed by atoms with Gasteiger partial charge >= 0.3 is 6.03 Å². The summed E-state index contributed by atoms with van der Waals surface area (Å²) in [7, 11) is 0. The monoisotopic (exact) mass is 466 g/mol. The predicted octanol–water partition coefficient (Wildman–Crippen LogP) is 3.11. The SMILES string of the molecule is CC(C)NC(=O)NCc1ccc(C(=O)N2CCC(C(=O)Nc3ccc4c(c3)OCO4)CC2)cc1. The van der Waals surface area contributed by atoms with Gasteiger partial charge in [0.05, 0.1) is 0 Å². The lowest BCUT2D eigenvalue weighted by atomic mass is 9.95. The predicted molar refractivity (Wildman–Crippen MR) is 127 cm³/mol. The van der Waals surface area contributed by atoms with Gasteiger partial charge in [0.1, 0.15) is 0 Å². The van der Waals surface area contributed by atoms with Crippen molar-refractivity contribution in [2.75, 3.05) is 25.2 Å². The van der Waals surface area contributed by atoms with Crippen molar-refractivity contribution >= 4 is 23.5 Å². The molecule has 34 heavy (non-hydrogen) atoms. The topological polar surface area (TPSA) is 109 Å². The number of ether oxygens (including phenoxy) is 2. The number of anilines is 1. The lowest BCUT2D eigenvalue weighted by molar-refractivity contribution is -0.121. The molecule has 2 aliphatic heterocycles. The van der Waals surface area contributed by atoms with E-state index in [0.29, 0.717) is 55.2 Å². The average Bonchev–Trinajstić information content (AvgIpc) is 3.30. The van der Waals surface area contributed by atoms with Crippen LogP contribution in [0.25, 0.3) is 0 Å². The third-order valence-corrected chi connectivity index (χ3v) is 5.87. The molecule has 2 heterocycles. The molecule has 1 fully saturated rings. The maximum absolute atomic E-state index is 12.9. The number of benzene rings is 2. The van der Waals surface area contributed by atoms with E-state index < -0.39 is 0 Å². The van der Waals surface area contributed by atoms with Crippen LogP contribution in [-0.2, 0) is 11.3 Å². The number of likely N-dealkylation sites (tertiary alicyclic amines) is 1. The number of nitrogens with one attached hydrogen (secondary N) is 3. The van der Waals surface area contributed by atoms with Crippen LogP contribution in [0.1, 0.15) is 42.6 Å². The smallest absolute Gasteiger partial charge is 0.315 e. The van der Waals surface area contributed by atoms with Crippen LogP contribution in [-0.4, -0.2) is 48.7 Å². The second-order valence-electron chi connectivity index (χ2n) is 8.80. The summed E-state index contributed by atoms with van der Waals surface area (Å²) in [6.45, 7) is 5.42. The molecule has 0 radical (unpaired) electrons. The van der Waals surface area contributed by atoms with Crippen molar-refractivity contribution in [2.24, 2.45) is 5.92 Å². The number of fused-ring (bicyclic) bond motifs is 1. The summed E-state index contributed by atoms with van der Waals surface area (Å²) in [6.07, 6.45) is 1.21. The molecule has 0 saturated carbocycles. The molecule has 0 bridgehead atoms. The maximum Gasteiger partial charge on any atom is 0.315 e. The summed E-state index contributed by atoms with van der Waals surface area (Å²) in [6, 6.07) is 12.4. The lowest BCUT2D eigenvalue weighted by Gasteiger charge is -2.31. The highest BCUT2D eigenvalue weighted by atomic mass is 16.7. The van der Waals surface area contributed by atoms with Crippen LogP contribution in [0.3, 0.4) is 0 Å². The van der Waals surface area contributed by atoms with Crippen molar-refractivity contribution in [3.8, 4) is 11.5 Å². The number of piperidine rings is 1. The van der Waals surface area contributed by atoms with Crippen LogP contribution in [0.2, 0.25) is 0 Å². The Balaban J connectivity index is 1.24. The van der Waals surface area contributed by atoms with E-state index in [4.69, 9.17) is 9.47 Å². The molecule has 0 aliphatic carbocycles. The Labute approximate surface area is 198 Å². The molecule has 2 aromatic rings. The molecule has 0 unspecified atom stereocenters. The fourth-order valence-corrected chi connectivity index (χ4v) is 4.01. The van der Waals surface area contributed by atoms with Gasteiger partial charge in [-0.25, -0.2) is 4.79 Å². The van der Waals surface area contributed by atoms with Crippen LogP contribution in [0.5, 0.6) is 11.5 Å². The van der Waals surface area contributed by atoms with Crippen molar-refractivity contribution in [1.82, 2.24) is 15.5 Å². The van der Waals surface area contributed by atoms with Crippen molar-refractivity contribution in [3.05, 3.63) is 53.6 Å². The number of urea groups is 1. The van der Waals surface area contributed by atoms with E-state index in [1.165, 1.54) is 0 Å². The first-order valence-corrected chi connectivity index (χ1v) is 11.5. The van der Waals surface area contributed by atoms with E-state index in [1.807, 2.05) is 26.0 Å². The lowest BCUT2D eigenvalue weighted by Crippen LogP contribution is -2.41. The van der Waals surface area contributed by atoms with E-state index >= 15 is 0 Å². The highest BCUT2D eigenvalue weighted by Crippen LogP contribution is 2.34. The molecule has 180 valence electrons. The molecule has 0 aromatic heterocycles. The van der Waals surface area contributed by atoms with Crippen molar-refractivity contribution < 1.29 is 23.9 Å². The fourth-order valence-electron chi connectivity index (χ4n) is 4.01. The van der Waals surface area contributed by atoms with Crippen molar-refractivity contribution in [1.29, 1.82) is 0 Å². The van der Waals surface area contributed by atoms with E-state index in [0.717, 1.165) is 5.56 Å². The van der Waals surface area contributed by atoms with Gasteiger partial charge < -0.3 is 30.3 Å². The van der Waals surface area contributed by atoms with E-state index in [9.17, 15) is 14.4 Å². The van der Waals surface area contributed by atoms with Gasteiger partial charge in [-0.1, -0.05) is 12.1 Å². The minimum Gasteiger partial charge on any atom is -0.454 e. The number of hydrogen-bond donors (Lipinski definition) is 3. The maximum atomic E-state index is 12.9. The number of carbonyl (C=O) groups excluding carboxylic acids is 3. The highest BCUT2D eigenvalue weighted by Gasteiger charge is 2.28. The number of hydrogen-bond acceptors (Lipinski definition) is 5. The van der Waals surface area contributed by atoms with E-state index in [2.05, 4.69) is 16.0 Å². The van der Waals surface area contributed by atoms with Crippen LogP contribution in [0.4, 0.5) is 10.5 Å². The Morgan fingerprint density at radius 2 is 1.71 bits per heavy atom. The molecule has 0 spiro atoms. The standard InChI is InChI=1S/C25H30N4O5/c1-16(2)27-25(32)26-14-17-3-5-19(6-4-17)24(31)29-11-9-18(10-12-29)23(30)28-20-7-8-21-22(13-20)34-15-33-21/h3-8,13,16,18H,9-12,14-15H2,1-2H3,(H,28,30)(H2,26,27,32). The second kappa shape index (κ2) is 10.5. The second-order valence-corrected chi connectivity index (χ2v) is 8.80. The van der Waals surface area contributed by atoms with Gasteiger partial charge in [0, 0.05) is 48.9 Å². The Bertz CT molecular complexity index is 1050. The zero-order valence-electron chi connectivity index (χ0n) is 19.4. The van der Waals surface area contributed by atoms with E-state index in [-0.39, 0.29) is 36.6 Å². The Morgan fingerprint density at radius 1 is 1.00 bits per heavy atom. The third kappa shape index (κ3) is 5.78. The molecule has 9 heteroatoms. The summed E-state index contributed by atoms with van der Waals surface area (Å²) < 4.78 is 10.6. The molecule has 0 atom stereocenters. The average molecular weight is 467 g/mol. The molecule has 3 N–H and O–H groups in total. The summed E-state index contributed by atoms with van der Waals surface area (Å²) in [5.41, 5.74) is 2.18. The molecule has 9 nitrogen and oxygen atoms in total. The Kier molecular flexibility index (Phi) is 7.20. The quantitative estimate of drug-likeness (QED) is 0.606. The molecule has 2 aliphatic rings. The van der Waals surface area contributed by atoms with Crippen molar-refractivity contribution in [3.63, 3.8) is 0 Å². The number of carbonyl (C=O) groups is 3. The first kappa shape index (κ1) is 23.4. The van der Waals surface area contributed by atoms with Crippen LogP contribution in [0.15, 0.2) is 42.5 Å². The zero-order valence-corrected chi connectivity index (χ0v) is 19.4. The zero-order chi connectivity index (χ0) is 24.1. The van der Waals surface area contributed by atoms with Crippen LogP contribution >= 0.6 is 0 Å². The van der Waals surface area contributed by atoms with Crippen LogP contribution < -0.4 is 25.4 Å². The third-order valence-electron chi connectivity index (χ3n) is 5.87. The van der Waals surface area contributed by atoms with Gasteiger partial charge in [-0.3, -0.25) is 9.59 Å². The van der Waals surface area contributed by atoms with Gasteiger partial charge in [0.15, 0.2) is 11.5 Å². The summed E-state index contributed by atoms with van der Waals surface area (Å²) in [4.78, 5) is 39.1. The summed E-state index contributed by atoms with van der Waals surface area (Å²) >= 11 is 0. The normalized spacial score (nSPS) is 15.2. The summed E-state index contributed by atoms with van der Waals surface area (Å²) in [5.74, 6) is 1.04. The molecular formula is C25H30N4O5. The van der Waals surface area contributed by atoms with Gasteiger partial charge in [0.25, 0.3) is 5.91 Å². The molecular weight excluding hydrogens is 436 g/mol. The number of rotatable bonds is 6. The fraction of sp³-hybridized carbons (Fsp3) is 0.400. The first-order chi connectivity index (χ1) is 16.4. The van der Waals surface area contributed by atoms with Gasteiger partial charge in [-0.05, 0) is 56.5 Å². The first-order valence-electron chi connectivity index (χ1n) is 11.5.